The summed E-state index contributed by atoms with van der Waals surface area (Å²) in [7, 11) is 1.00. The first kappa shape index (κ1) is 21.2. The average molecular weight is 499 g/mol. The second-order valence-electron chi connectivity index (χ2n) is 4.30. The van der Waals surface area contributed by atoms with E-state index in [0.717, 1.165) is 37.3 Å². The summed E-state index contributed by atoms with van der Waals surface area (Å²) in [5.74, 6) is 0. The van der Waals surface area contributed by atoms with E-state index in [-0.39, 0.29) is 0 Å². The number of aliphatic hydroxyl groups is 1. The second-order valence-corrected chi connectivity index (χ2v) is 7.67. The van der Waals surface area contributed by atoms with Gasteiger partial charge >= 0.3 is 24.8 Å². The van der Waals surface area contributed by atoms with Gasteiger partial charge in [0.05, 0.1) is 0 Å². The molecule has 0 fully saturated rings. The molecule has 0 amide bonds. The van der Waals surface area contributed by atoms with E-state index in [1.54, 1.807) is 35.3 Å². The van der Waals surface area contributed by atoms with Gasteiger partial charge in [0.1, 0.15) is 30.2 Å². The first-order valence-electron chi connectivity index (χ1n) is 7.01. The monoisotopic (exact) mass is 499 g/mol. The normalized spacial score (nSPS) is 11.7. The van der Waals surface area contributed by atoms with Crippen LogP contribution in [0.5, 0.6) is 0 Å². The molecule has 6 bridgehead atoms. The quantitative estimate of drug-likeness (QED) is 0.339. The fourth-order valence-corrected chi connectivity index (χ4v) is 4.41. The van der Waals surface area contributed by atoms with Gasteiger partial charge in [-0.25, -0.2) is 15.0 Å². The summed E-state index contributed by atoms with van der Waals surface area (Å²) in [5, 5.41) is 12.7. The van der Waals surface area contributed by atoms with Crippen molar-refractivity contribution >= 4 is 35.3 Å². The Balaban J connectivity index is 0.000000444. The van der Waals surface area contributed by atoms with Crippen molar-refractivity contribution in [2.24, 2.45) is 0 Å². The molecule has 4 heterocycles. The van der Waals surface area contributed by atoms with Crippen molar-refractivity contribution in [2.45, 2.75) is 30.2 Å². The van der Waals surface area contributed by atoms with Gasteiger partial charge in [-0.05, 0) is 36.4 Å². The fourth-order valence-electron chi connectivity index (χ4n) is 1.85. The smallest absolute Gasteiger partial charge is 0.104 e. The standard InChI is InChI=1S/C15H9N3S3.CH4O.2FH.Ru/c1-4-10-16-11(5-1)20-13-7-3-9-15(18-13)21-14-8-2-6-12(17-14)19-10;1-2;;;/h1-9H;2H,1H3;2*1H;/q;;;;+2/p-2. The number of nitrogens with zero attached hydrogens (tertiary/aromatic N) is 3. The van der Waals surface area contributed by atoms with Crippen LogP contribution in [0.1, 0.15) is 0 Å². The number of aliphatic hydroxyl groups excluding tert-OH is 1. The van der Waals surface area contributed by atoms with Gasteiger partial charge in [-0.15, -0.1) is 0 Å². The van der Waals surface area contributed by atoms with Crippen LogP contribution in [-0.2, 0) is 18.1 Å². The molecule has 10 heteroatoms. The second kappa shape index (κ2) is 11.6. The maximum Gasteiger partial charge on any atom is 0.104 e. The summed E-state index contributed by atoms with van der Waals surface area (Å²) >= 11 is 2.46. The molecule has 0 aromatic carbocycles. The molecule has 0 saturated heterocycles. The Labute approximate surface area is 171 Å². The number of rotatable bonds is 0. The van der Waals surface area contributed by atoms with Gasteiger partial charge in [-0.1, -0.05) is 53.5 Å². The zero-order valence-electron chi connectivity index (χ0n) is 13.3. The minimum Gasteiger partial charge on any atom is -0.234 e. The van der Waals surface area contributed by atoms with Gasteiger partial charge in [0.2, 0.25) is 0 Å². The molecule has 4 nitrogen and oxygen atoms in total. The summed E-state index contributed by atoms with van der Waals surface area (Å²) in [4.78, 5) is 14.0. The number of fused-ring (bicyclic) bond motifs is 6. The number of pyridine rings is 3. The third-order valence-corrected chi connectivity index (χ3v) is 5.34. The van der Waals surface area contributed by atoms with Crippen LogP contribution in [0.2, 0.25) is 0 Å². The van der Waals surface area contributed by atoms with Crippen molar-refractivity contribution in [3.8, 4) is 0 Å². The van der Waals surface area contributed by atoms with Crippen molar-refractivity contribution in [3.63, 3.8) is 0 Å². The zero-order valence-corrected chi connectivity index (χ0v) is 17.5. The minimum absolute atomic E-state index is 0.950. The Morgan fingerprint density at radius 1 is 0.615 bits per heavy atom. The molecule has 1 aliphatic rings. The predicted octanol–water partition coefficient (Wildman–Crippen LogP) is 5.09. The van der Waals surface area contributed by atoms with Crippen molar-refractivity contribution in [1.82, 2.24) is 15.0 Å². The van der Waals surface area contributed by atoms with Gasteiger partial charge < -0.3 is 5.11 Å². The molecule has 138 valence electrons. The topological polar surface area (TPSA) is 58.9 Å². The van der Waals surface area contributed by atoms with Crippen LogP contribution in [0.4, 0.5) is 6.63 Å². The summed E-state index contributed by atoms with van der Waals surface area (Å²) in [6.45, 7) is 0. The third-order valence-electron chi connectivity index (χ3n) is 2.72. The van der Waals surface area contributed by atoms with E-state index in [4.69, 9.17) is 5.11 Å². The molecule has 0 aliphatic carbocycles. The maximum absolute atomic E-state index is 9.72. The molecule has 4 rings (SSSR count). The molecule has 1 N–H and O–H groups in total. The SMILES string of the molecule is CO.[F][Ru][F].c1cc2nc(c1)Sc1cccc(n1)Sc1cccc(n1)S2. The molecule has 0 saturated carbocycles. The molecule has 3 aromatic rings. The minimum atomic E-state index is -2.29. The van der Waals surface area contributed by atoms with E-state index in [1.807, 2.05) is 54.6 Å². The fraction of sp³-hybridized carbons (Fsp3) is 0.0625. The van der Waals surface area contributed by atoms with Crippen molar-refractivity contribution in [1.29, 1.82) is 0 Å². The summed E-state index contributed by atoms with van der Waals surface area (Å²) in [6, 6.07) is 18.1. The van der Waals surface area contributed by atoms with Gasteiger partial charge in [0.15, 0.2) is 0 Å². The van der Waals surface area contributed by atoms with Crippen molar-refractivity contribution < 1.29 is 29.9 Å². The van der Waals surface area contributed by atoms with Crippen LogP contribution in [0, 0.1) is 0 Å². The first-order valence-corrected chi connectivity index (χ1v) is 10.8. The Kier molecular flexibility index (Phi) is 9.49. The molecule has 0 spiro atoms. The Hall–Kier alpha value is -1.06. The van der Waals surface area contributed by atoms with Gasteiger partial charge in [0, 0.05) is 7.11 Å². The van der Waals surface area contributed by atoms with E-state index in [1.165, 1.54) is 0 Å². The molecular formula is C16H13F2N3ORuS3. The van der Waals surface area contributed by atoms with Crippen LogP contribution in [0.25, 0.3) is 0 Å². The van der Waals surface area contributed by atoms with Crippen LogP contribution in [-0.4, -0.2) is 27.2 Å². The summed E-state index contributed by atoms with van der Waals surface area (Å²) in [6.07, 6.45) is 0. The molecule has 0 radical (unpaired) electrons. The summed E-state index contributed by atoms with van der Waals surface area (Å²) < 4.78 is 19.4. The molecule has 1 aliphatic heterocycles. The van der Waals surface area contributed by atoms with E-state index >= 15 is 0 Å². The van der Waals surface area contributed by atoms with E-state index in [2.05, 4.69) is 15.0 Å². The predicted molar refractivity (Wildman–Crippen MR) is 95.4 cm³/mol. The average Bonchev–Trinajstić information content (AvgIpc) is 2.64. The van der Waals surface area contributed by atoms with E-state index < -0.39 is 18.1 Å². The van der Waals surface area contributed by atoms with E-state index in [9.17, 15) is 6.63 Å². The van der Waals surface area contributed by atoms with Crippen LogP contribution in [0.15, 0.2) is 84.8 Å². The molecule has 0 unspecified atom stereocenters. The van der Waals surface area contributed by atoms with Gasteiger partial charge in [0.25, 0.3) is 0 Å². The Bertz CT molecular complexity index is 685. The van der Waals surface area contributed by atoms with Crippen LogP contribution >= 0.6 is 35.3 Å². The van der Waals surface area contributed by atoms with Crippen molar-refractivity contribution in [3.05, 3.63) is 54.6 Å². The largest absolute Gasteiger partial charge is 0.234 e. The summed E-state index contributed by atoms with van der Waals surface area (Å²) in [5.41, 5.74) is 0. The molecule has 3 aromatic heterocycles. The zero-order chi connectivity index (χ0) is 18.8. The van der Waals surface area contributed by atoms with Gasteiger partial charge in [-0.2, -0.15) is 0 Å². The molecule has 0 atom stereocenters. The number of hydrogen-bond acceptors (Lipinski definition) is 7. The van der Waals surface area contributed by atoms with Crippen molar-refractivity contribution in [2.75, 3.05) is 7.11 Å². The molecule has 26 heavy (non-hydrogen) atoms. The number of aromatic nitrogens is 3. The maximum atomic E-state index is 9.72. The van der Waals surface area contributed by atoms with Gasteiger partial charge in [-0.3, -0.25) is 0 Å². The van der Waals surface area contributed by atoms with Crippen LogP contribution in [0.3, 0.4) is 0 Å². The van der Waals surface area contributed by atoms with Crippen LogP contribution < -0.4 is 0 Å². The van der Waals surface area contributed by atoms with E-state index in [0.29, 0.717) is 0 Å². The third kappa shape index (κ3) is 6.59. The Morgan fingerprint density at radius 3 is 1.00 bits per heavy atom. The number of halogens is 2. The Morgan fingerprint density at radius 2 is 0.808 bits per heavy atom. The number of hydrogen-bond donors (Lipinski definition) is 1. The molecular weight excluding hydrogens is 485 g/mol. The first-order chi connectivity index (χ1) is 12.8.